The van der Waals surface area contributed by atoms with Gasteiger partial charge in [-0.05, 0) is 25.3 Å². The molecule has 1 rings (SSSR count). The smallest absolute Gasteiger partial charge is 0.0633 e. The van der Waals surface area contributed by atoms with Crippen LogP contribution in [-0.2, 0) is 0 Å². The Morgan fingerprint density at radius 3 is 2.67 bits per heavy atom. The van der Waals surface area contributed by atoms with Gasteiger partial charge in [0, 0.05) is 11.0 Å². The summed E-state index contributed by atoms with van der Waals surface area (Å²) in [6, 6.07) is 0. The van der Waals surface area contributed by atoms with Crippen molar-refractivity contribution in [1.82, 2.24) is 0 Å². The molecule has 0 heterocycles. The van der Waals surface area contributed by atoms with Crippen LogP contribution in [0.15, 0.2) is 0 Å². The first-order valence-electron chi connectivity index (χ1n) is 6.22. The van der Waals surface area contributed by atoms with Crippen LogP contribution in [0, 0.1) is 5.92 Å². The number of hydrogen-bond acceptors (Lipinski definition) is 3. The fourth-order valence-electron chi connectivity index (χ4n) is 2.29. The third-order valence-corrected chi connectivity index (χ3v) is 4.61. The van der Waals surface area contributed by atoms with E-state index in [-0.39, 0.29) is 6.10 Å². The van der Waals surface area contributed by atoms with Gasteiger partial charge in [0.05, 0.1) is 6.10 Å². The molecule has 1 saturated carbocycles. The van der Waals surface area contributed by atoms with Crippen LogP contribution in [0.2, 0.25) is 0 Å². The Bertz CT molecular complexity index is 160. The molecule has 1 fully saturated rings. The van der Waals surface area contributed by atoms with Gasteiger partial charge in [-0.2, -0.15) is 11.8 Å². The fourth-order valence-corrected chi connectivity index (χ4v) is 3.28. The maximum absolute atomic E-state index is 9.87. The molecular formula is C12H25NOS. The van der Waals surface area contributed by atoms with Crippen molar-refractivity contribution in [3.8, 4) is 0 Å². The second-order valence-electron chi connectivity index (χ2n) is 4.76. The lowest BCUT2D eigenvalue weighted by molar-refractivity contribution is 0.165. The van der Waals surface area contributed by atoms with Crippen molar-refractivity contribution >= 4 is 11.8 Å². The van der Waals surface area contributed by atoms with Gasteiger partial charge in [0.15, 0.2) is 0 Å². The van der Waals surface area contributed by atoms with Crippen LogP contribution in [-0.4, -0.2) is 28.8 Å². The molecule has 90 valence electrons. The molecule has 15 heavy (non-hydrogen) atoms. The van der Waals surface area contributed by atoms with E-state index in [1.807, 2.05) is 11.8 Å². The number of thioether (sulfide) groups is 1. The van der Waals surface area contributed by atoms with Gasteiger partial charge in [0.2, 0.25) is 0 Å². The molecule has 0 aromatic heterocycles. The first-order chi connectivity index (χ1) is 7.22. The Hall–Kier alpha value is 0.270. The second kappa shape index (κ2) is 7.53. The van der Waals surface area contributed by atoms with Crippen molar-refractivity contribution in [2.75, 3.05) is 12.3 Å². The molecule has 2 atom stereocenters. The molecule has 1 aliphatic carbocycles. The summed E-state index contributed by atoms with van der Waals surface area (Å²) in [5, 5.41) is 10.5. The van der Waals surface area contributed by atoms with Crippen LogP contribution in [0.3, 0.4) is 0 Å². The molecule has 1 aliphatic rings. The lowest BCUT2D eigenvalue weighted by Crippen LogP contribution is -2.17. The summed E-state index contributed by atoms with van der Waals surface area (Å²) in [7, 11) is 0. The van der Waals surface area contributed by atoms with Crippen LogP contribution < -0.4 is 5.73 Å². The largest absolute Gasteiger partial charge is 0.392 e. The SMILES string of the molecule is CC(CCN)SCC(O)CC1CCCC1. The maximum atomic E-state index is 9.87. The summed E-state index contributed by atoms with van der Waals surface area (Å²) in [6.07, 6.45) is 7.38. The number of rotatable bonds is 7. The molecular weight excluding hydrogens is 206 g/mol. The molecule has 3 N–H and O–H groups in total. The van der Waals surface area contributed by atoms with Gasteiger partial charge < -0.3 is 10.8 Å². The maximum Gasteiger partial charge on any atom is 0.0633 e. The number of aliphatic hydroxyl groups is 1. The first kappa shape index (κ1) is 13.3. The molecule has 0 radical (unpaired) electrons. The molecule has 2 unspecified atom stereocenters. The van der Waals surface area contributed by atoms with Crippen molar-refractivity contribution in [2.45, 2.75) is 56.8 Å². The lowest BCUT2D eigenvalue weighted by Gasteiger charge is -2.17. The Morgan fingerprint density at radius 1 is 1.40 bits per heavy atom. The monoisotopic (exact) mass is 231 g/mol. The van der Waals surface area contributed by atoms with Gasteiger partial charge in [-0.15, -0.1) is 0 Å². The van der Waals surface area contributed by atoms with Crippen molar-refractivity contribution < 1.29 is 5.11 Å². The summed E-state index contributed by atoms with van der Waals surface area (Å²) in [6.45, 7) is 2.95. The highest BCUT2D eigenvalue weighted by atomic mass is 32.2. The Balaban J connectivity index is 2.04. The Labute approximate surface area is 98.0 Å². The van der Waals surface area contributed by atoms with E-state index in [1.165, 1.54) is 25.7 Å². The number of nitrogens with two attached hydrogens (primary N) is 1. The van der Waals surface area contributed by atoms with Crippen LogP contribution in [0.25, 0.3) is 0 Å². The van der Waals surface area contributed by atoms with E-state index < -0.39 is 0 Å². The second-order valence-corrected chi connectivity index (χ2v) is 6.23. The Morgan fingerprint density at radius 2 is 2.07 bits per heavy atom. The minimum absolute atomic E-state index is 0.0988. The summed E-state index contributed by atoms with van der Waals surface area (Å²) < 4.78 is 0. The molecule has 0 spiro atoms. The molecule has 0 aromatic rings. The summed E-state index contributed by atoms with van der Waals surface area (Å²) in [4.78, 5) is 0. The van der Waals surface area contributed by atoms with Crippen molar-refractivity contribution in [3.63, 3.8) is 0 Å². The highest BCUT2D eigenvalue weighted by Crippen LogP contribution is 2.29. The predicted octanol–water partition coefficient (Wildman–Crippen LogP) is 2.40. The predicted molar refractivity (Wildman–Crippen MR) is 68.2 cm³/mol. The lowest BCUT2D eigenvalue weighted by atomic mass is 10.0. The average Bonchev–Trinajstić information content (AvgIpc) is 2.68. The molecule has 0 amide bonds. The quantitative estimate of drug-likeness (QED) is 0.707. The van der Waals surface area contributed by atoms with Gasteiger partial charge >= 0.3 is 0 Å². The van der Waals surface area contributed by atoms with E-state index in [0.29, 0.717) is 5.25 Å². The summed E-state index contributed by atoms with van der Waals surface area (Å²) >= 11 is 1.86. The zero-order chi connectivity index (χ0) is 11.1. The van der Waals surface area contributed by atoms with Gasteiger partial charge in [-0.25, -0.2) is 0 Å². The minimum atomic E-state index is -0.0988. The standard InChI is InChI=1S/C12H25NOS/c1-10(6-7-13)15-9-12(14)8-11-4-2-3-5-11/h10-12,14H,2-9,13H2,1H3. The van der Waals surface area contributed by atoms with E-state index in [9.17, 15) is 5.11 Å². The van der Waals surface area contributed by atoms with E-state index in [0.717, 1.165) is 31.1 Å². The molecule has 2 nitrogen and oxygen atoms in total. The number of aliphatic hydroxyl groups excluding tert-OH is 1. The zero-order valence-electron chi connectivity index (χ0n) is 9.82. The van der Waals surface area contributed by atoms with Crippen LogP contribution in [0.5, 0.6) is 0 Å². The van der Waals surface area contributed by atoms with E-state index >= 15 is 0 Å². The first-order valence-corrected chi connectivity index (χ1v) is 7.27. The third-order valence-electron chi connectivity index (χ3n) is 3.23. The molecule has 0 aliphatic heterocycles. The van der Waals surface area contributed by atoms with E-state index in [2.05, 4.69) is 6.92 Å². The van der Waals surface area contributed by atoms with Crippen molar-refractivity contribution in [2.24, 2.45) is 11.7 Å². The summed E-state index contributed by atoms with van der Waals surface area (Å²) in [5.74, 6) is 1.68. The summed E-state index contributed by atoms with van der Waals surface area (Å²) in [5.41, 5.74) is 5.49. The molecule has 0 saturated heterocycles. The normalized spacial score (nSPS) is 21.8. The van der Waals surface area contributed by atoms with Crippen molar-refractivity contribution in [3.05, 3.63) is 0 Å². The fraction of sp³-hybridized carbons (Fsp3) is 1.00. The Kier molecular flexibility index (Phi) is 6.69. The highest BCUT2D eigenvalue weighted by molar-refractivity contribution is 7.99. The highest BCUT2D eigenvalue weighted by Gasteiger charge is 2.19. The van der Waals surface area contributed by atoms with E-state index in [4.69, 9.17) is 5.73 Å². The molecule has 0 bridgehead atoms. The van der Waals surface area contributed by atoms with E-state index in [1.54, 1.807) is 0 Å². The molecule has 0 aromatic carbocycles. The number of hydrogen-bond donors (Lipinski definition) is 2. The van der Waals surface area contributed by atoms with Crippen LogP contribution >= 0.6 is 11.8 Å². The van der Waals surface area contributed by atoms with Gasteiger partial charge in [0.1, 0.15) is 0 Å². The van der Waals surface area contributed by atoms with Gasteiger partial charge in [-0.1, -0.05) is 32.6 Å². The van der Waals surface area contributed by atoms with Crippen LogP contribution in [0.4, 0.5) is 0 Å². The van der Waals surface area contributed by atoms with Crippen LogP contribution in [0.1, 0.15) is 45.4 Å². The van der Waals surface area contributed by atoms with Gasteiger partial charge in [0.25, 0.3) is 0 Å². The van der Waals surface area contributed by atoms with Crippen molar-refractivity contribution in [1.29, 1.82) is 0 Å². The van der Waals surface area contributed by atoms with Gasteiger partial charge in [-0.3, -0.25) is 0 Å². The average molecular weight is 231 g/mol. The topological polar surface area (TPSA) is 46.2 Å². The molecule has 3 heteroatoms. The minimum Gasteiger partial charge on any atom is -0.392 e. The zero-order valence-corrected chi connectivity index (χ0v) is 10.6. The third kappa shape index (κ3) is 5.79.